The number of rotatable bonds is 1. The maximum Gasteiger partial charge on any atom is 0.296 e. The Labute approximate surface area is 77.7 Å². The first-order valence-corrected chi connectivity index (χ1v) is 5.33. The van der Waals surface area contributed by atoms with Gasteiger partial charge in [-0.05, 0) is 17.4 Å². The molecule has 0 heterocycles. The lowest BCUT2D eigenvalue weighted by atomic mass is 10.4. The van der Waals surface area contributed by atoms with E-state index in [1.807, 2.05) is 0 Å². The molecular weight excluding hydrogens is 219 g/mol. The molecule has 0 bridgehead atoms. The molecule has 1 atom stereocenters. The Kier molecular flexibility index (Phi) is 2.74. The van der Waals surface area contributed by atoms with Gasteiger partial charge in [-0.15, -0.1) is 9.24 Å². The molecule has 0 amide bonds. The number of benzene rings is 1. The van der Waals surface area contributed by atoms with Crippen LogP contribution in [0.1, 0.15) is 0 Å². The van der Waals surface area contributed by atoms with Gasteiger partial charge in [0.15, 0.2) is 0 Å². The molecule has 1 rings (SSSR count). The van der Waals surface area contributed by atoms with E-state index in [2.05, 4.69) is 9.24 Å². The summed E-state index contributed by atoms with van der Waals surface area (Å²) >= 11 is 5.53. The Morgan fingerprint density at radius 3 is 2.42 bits per heavy atom. The fourth-order valence-electron chi connectivity index (χ4n) is 0.718. The van der Waals surface area contributed by atoms with Crippen LogP contribution in [0.3, 0.4) is 0 Å². The lowest BCUT2D eigenvalue weighted by Crippen LogP contribution is -2.02. The minimum atomic E-state index is -4.20. The summed E-state index contributed by atoms with van der Waals surface area (Å²) in [6.07, 6.45) is 0. The highest BCUT2D eigenvalue weighted by molar-refractivity contribution is 7.86. The van der Waals surface area contributed by atoms with Crippen LogP contribution in [0.2, 0.25) is 5.02 Å². The fraction of sp³-hybridized carbons (Fsp3) is 0. The van der Waals surface area contributed by atoms with Gasteiger partial charge in [0.25, 0.3) is 10.1 Å². The summed E-state index contributed by atoms with van der Waals surface area (Å²) in [6, 6.07) is 4.32. The summed E-state index contributed by atoms with van der Waals surface area (Å²) in [5.74, 6) is 0. The van der Waals surface area contributed by atoms with Gasteiger partial charge in [-0.25, -0.2) is 0 Å². The normalized spacial score (nSPS) is 11.6. The molecule has 0 fully saturated rings. The third-order valence-corrected chi connectivity index (χ3v) is 2.93. The van der Waals surface area contributed by atoms with E-state index in [1.54, 1.807) is 6.07 Å². The van der Waals surface area contributed by atoms with E-state index in [4.69, 9.17) is 16.2 Å². The Hall–Kier alpha value is -0.150. The summed E-state index contributed by atoms with van der Waals surface area (Å²) < 4.78 is 30.0. The summed E-state index contributed by atoms with van der Waals surface area (Å²) in [5.41, 5.74) is 0. The zero-order valence-corrected chi connectivity index (χ0v) is 8.59. The number of hydrogen-bond donors (Lipinski definition) is 1. The van der Waals surface area contributed by atoms with Crippen LogP contribution in [0.4, 0.5) is 0 Å². The molecule has 0 aromatic heterocycles. The van der Waals surface area contributed by atoms with Crippen molar-refractivity contribution in [2.75, 3.05) is 0 Å². The van der Waals surface area contributed by atoms with Gasteiger partial charge in [0.05, 0.1) is 5.02 Å². The summed E-state index contributed by atoms with van der Waals surface area (Å²) in [6.45, 7) is 0. The van der Waals surface area contributed by atoms with Gasteiger partial charge in [-0.1, -0.05) is 17.7 Å². The average molecular weight is 225 g/mol. The Bertz CT molecular complexity index is 401. The Balaban J connectivity index is 3.43. The van der Waals surface area contributed by atoms with Crippen molar-refractivity contribution in [1.82, 2.24) is 0 Å². The van der Waals surface area contributed by atoms with Gasteiger partial charge in [0, 0.05) is 0 Å². The molecule has 1 N–H and O–H groups in total. The van der Waals surface area contributed by atoms with Gasteiger partial charge in [0.1, 0.15) is 4.90 Å². The minimum absolute atomic E-state index is 0.0173. The third kappa shape index (κ3) is 2.17. The van der Waals surface area contributed by atoms with Crippen LogP contribution in [0.5, 0.6) is 0 Å². The van der Waals surface area contributed by atoms with Crippen LogP contribution in [0.15, 0.2) is 23.1 Å². The molecule has 12 heavy (non-hydrogen) atoms. The van der Waals surface area contributed by atoms with Crippen LogP contribution in [-0.2, 0) is 10.1 Å². The molecule has 1 aromatic carbocycles. The van der Waals surface area contributed by atoms with Crippen molar-refractivity contribution in [2.45, 2.75) is 4.90 Å². The highest BCUT2D eigenvalue weighted by atomic mass is 35.5. The molecule has 0 aliphatic heterocycles. The Morgan fingerprint density at radius 1 is 1.42 bits per heavy atom. The van der Waals surface area contributed by atoms with E-state index in [9.17, 15) is 8.42 Å². The topological polar surface area (TPSA) is 54.4 Å². The zero-order valence-electron chi connectivity index (χ0n) is 5.86. The smallest absolute Gasteiger partial charge is 0.282 e. The molecule has 0 spiro atoms. The minimum Gasteiger partial charge on any atom is -0.282 e. The van der Waals surface area contributed by atoms with Crippen molar-refractivity contribution in [3.05, 3.63) is 23.2 Å². The van der Waals surface area contributed by atoms with Gasteiger partial charge in [0.2, 0.25) is 0 Å². The van der Waals surface area contributed by atoms with Crippen molar-refractivity contribution in [3.63, 3.8) is 0 Å². The monoisotopic (exact) mass is 224 g/mol. The zero-order chi connectivity index (χ0) is 9.35. The van der Waals surface area contributed by atoms with Crippen LogP contribution < -0.4 is 5.30 Å². The molecule has 0 aliphatic rings. The van der Waals surface area contributed by atoms with E-state index in [1.165, 1.54) is 12.1 Å². The first kappa shape index (κ1) is 9.93. The van der Waals surface area contributed by atoms with Crippen LogP contribution in [0.25, 0.3) is 0 Å². The summed E-state index contributed by atoms with van der Waals surface area (Å²) in [7, 11) is -1.89. The van der Waals surface area contributed by atoms with Crippen molar-refractivity contribution in [1.29, 1.82) is 0 Å². The predicted octanol–water partition coefficient (Wildman–Crippen LogP) is 1.09. The molecule has 0 saturated heterocycles. The van der Waals surface area contributed by atoms with E-state index < -0.39 is 10.1 Å². The second-order valence-electron chi connectivity index (χ2n) is 2.16. The van der Waals surface area contributed by atoms with Crippen LogP contribution in [0, 0.1) is 0 Å². The number of halogens is 1. The van der Waals surface area contributed by atoms with Gasteiger partial charge in [-0.2, -0.15) is 8.42 Å². The molecular formula is C6H6ClO3PS. The molecule has 6 heteroatoms. The van der Waals surface area contributed by atoms with E-state index >= 15 is 0 Å². The maximum atomic E-state index is 10.7. The van der Waals surface area contributed by atoms with Crippen LogP contribution >= 0.6 is 20.8 Å². The largest absolute Gasteiger partial charge is 0.296 e. The van der Waals surface area contributed by atoms with Gasteiger partial charge >= 0.3 is 0 Å². The van der Waals surface area contributed by atoms with E-state index in [0.717, 1.165) is 0 Å². The number of hydrogen-bond acceptors (Lipinski definition) is 2. The molecule has 1 unspecified atom stereocenters. The molecule has 3 nitrogen and oxygen atoms in total. The first-order valence-electron chi connectivity index (χ1n) is 2.94. The molecule has 66 valence electrons. The summed E-state index contributed by atoms with van der Waals surface area (Å²) in [4.78, 5) is -0.267. The highest BCUT2D eigenvalue weighted by Gasteiger charge is 2.13. The molecule has 1 aromatic rings. The predicted molar refractivity (Wildman–Crippen MR) is 50.6 cm³/mol. The standard InChI is InChI=1S/C6H6ClO3PS/c7-5-2-1-4(11)3-6(5)12(8,9)10/h1-3H,11H2,(H,8,9,10). The second kappa shape index (κ2) is 3.30. The van der Waals surface area contributed by atoms with E-state index in [-0.39, 0.29) is 9.92 Å². The average Bonchev–Trinajstić information content (AvgIpc) is 1.92. The van der Waals surface area contributed by atoms with Crippen molar-refractivity contribution in [2.24, 2.45) is 0 Å². The quantitative estimate of drug-likeness (QED) is 0.574. The fourth-order valence-corrected chi connectivity index (χ4v) is 2.11. The van der Waals surface area contributed by atoms with Gasteiger partial charge < -0.3 is 0 Å². The van der Waals surface area contributed by atoms with Gasteiger partial charge in [-0.3, -0.25) is 4.55 Å². The molecule has 0 radical (unpaired) electrons. The van der Waals surface area contributed by atoms with Crippen LogP contribution in [-0.4, -0.2) is 13.0 Å². The van der Waals surface area contributed by atoms with Crippen molar-refractivity contribution in [3.8, 4) is 0 Å². The first-order chi connectivity index (χ1) is 5.41. The molecule has 0 saturated carbocycles. The maximum absolute atomic E-state index is 10.7. The third-order valence-electron chi connectivity index (χ3n) is 1.23. The highest BCUT2D eigenvalue weighted by Crippen LogP contribution is 2.19. The lowest BCUT2D eigenvalue weighted by Gasteiger charge is -2.00. The second-order valence-corrected chi connectivity index (χ2v) is 4.63. The van der Waals surface area contributed by atoms with Crippen molar-refractivity contribution < 1.29 is 13.0 Å². The van der Waals surface area contributed by atoms with E-state index in [0.29, 0.717) is 5.30 Å². The summed E-state index contributed by atoms with van der Waals surface area (Å²) in [5, 5.41) is 0.663. The SMILES string of the molecule is O=S(=O)(O)c1cc(P)ccc1Cl. The lowest BCUT2D eigenvalue weighted by molar-refractivity contribution is 0.483. The van der Waals surface area contributed by atoms with Crippen molar-refractivity contribution >= 4 is 36.3 Å². The Morgan fingerprint density at radius 2 is 2.00 bits per heavy atom. The molecule has 0 aliphatic carbocycles.